The molecule has 0 saturated heterocycles. The Labute approximate surface area is 601 Å². The predicted octanol–water partition coefficient (Wildman–Crippen LogP) is 21.1. The van der Waals surface area contributed by atoms with Gasteiger partial charge in [0, 0.05) is 94.2 Å². The van der Waals surface area contributed by atoms with Crippen LogP contribution >= 0.6 is 31.9 Å². The summed E-state index contributed by atoms with van der Waals surface area (Å²) in [5.41, 5.74) is 17.2. The third-order valence-electron chi connectivity index (χ3n) is 21.6. The maximum atomic E-state index is 13.2. The van der Waals surface area contributed by atoms with Gasteiger partial charge in [0.1, 0.15) is 14.1 Å². The molecule has 0 amide bonds. The first-order valence-corrected chi connectivity index (χ1v) is 35.7. The monoisotopic (exact) mass is 1440 g/mol. The van der Waals surface area contributed by atoms with Gasteiger partial charge in [-0.1, -0.05) is 206 Å². The molecule has 0 fully saturated rings. The molecule has 494 valence electrons. The van der Waals surface area contributed by atoms with E-state index < -0.39 is 10.8 Å². The van der Waals surface area contributed by atoms with Crippen molar-refractivity contribution in [2.45, 2.75) is 88.1 Å². The summed E-state index contributed by atoms with van der Waals surface area (Å²) < 4.78 is 5.46. The number of nitrogens with zero attached hydrogens (tertiary/aromatic N) is 6. The van der Waals surface area contributed by atoms with Gasteiger partial charge in [-0.05, 0) is 188 Å². The van der Waals surface area contributed by atoms with Crippen molar-refractivity contribution in [2.24, 2.45) is 0 Å². The zero-order valence-corrected chi connectivity index (χ0v) is 60.0. The maximum Gasteiger partial charge on any atom is 0.283 e. The maximum absolute atomic E-state index is 13.2. The second kappa shape index (κ2) is 26.0. The van der Waals surface area contributed by atoms with E-state index in [4.69, 9.17) is 0 Å². The fourth-order valence-corrected chi connectivity index (χ4v) is 18.0. The van der Waals surface area contributed by atoms with Crippen LogP contribution in [0.3, 0.4) is 0 Å². The molecule has 12 heteroatoms. The molecule has 0 aromatic heterocycles. The molecule has 0 bridgehead atoms. The van der Waals surface area contributed by atoms with E-state index in [-0.39, 0.29) is 32.1 Å². The summed E-state index contributed by atoms with van der Waals surface area (Å²) >= 11 is 7.44. The largest absolute Gasteiger partial charge is 0.339 e. The van der Waals surface area contributed by atoms with E-state index in [1.165, 1.54) is 44.0 Å². The summed E-state index contributed by atoms with van der Waals surface area (Å²) in [4.78, 5) is 30.6. The van der Waals surface area contributed by atoms with Crippen molar-refractivity contribution in [3.05, 3.63) is 375 Å². The van der Waals surface area contributed by atoms with Crippen LogP contribution in [0.4, 0.5) is 34.1 Å². The summed E-state index contributed by atoms with van der Waals surface area (Å²) in [7, 11) is 4.32. The quantitative estimate of drug-likeness (QED) is 0.0482. The standard InChI is InChI=1S/C88H76Br2N6O4/c1-85(2)79(91(5)73-47-45-65-33-19-21-35-67(65)83(73)85)37-23-39-81-87(53-59-25-11-7-12-26-59,54-60-27-13-8-14-28-60)69-49-77(95(97)98)71(89)51-75(69)93(81)57-63-41-43-64(44-42-63)58-94-76-52-72(90)78(96(99)100)50-70(76)88(55-61-29-15-9-16-30-61,56-62-31-17-10-18-32-62)82(94)40-24-38-80-86(3,4)84-68-36-22-20-34-66(68)46-48-74(84)92(80)6/h7-52H,53-58H2,1-6H3/q+2. The predicted molar refractivity (Wildman–Crippen MR) is 414 cm³/mol. The number of nitro groups is 2. The van der Waals surface area contributed by atoms with E-state index in [0.717, 1.165) is 78.7 Å². The van der Waals surface area contributed by atoms with Gasteiger partial charge in [-0.15, -0.1) is 0 Å². The molecule has 0 saturated carbocycles. The van der Waals surface area contributed by atoms with E-state index in [1.54, 1.807) is 0 Å². The van der Waals surface area contributed by atoms with Gasteiger partial charge in [0.2, 0.25) is 11.4 Å². The van der Waals surface area contributed by atoms with Crippen LogP contribution in [0, 0.1) is 20.2 Å². The van der Waals surface area contributed by atoms with Gasteiger partial charge in [0.05, 0.1) is 29.6 Å². The third-order valence-corrected chi connectivity index (χ3v) is 22.9. The lowest BCUT2D eigenvalue weighted by molar-refractivity contribution is -0.401. The lowest BCUT2D eigenvalue weighted by atomic mass is 9.70. The van der Waals surface area contributed by atoms with Crippen molar-refractivity contribution < 1.29 is 19.0 Å². The van der Waals surface area contributed by atoms with Crippen LogP contribution in [-0.2, 0) is 60.4 Å². The molecule has 0 atom stereocenters. The summed E-state index contributed by atoms with van der Waals surface area (Å²) in [5.74, 6) is 0. The number of benzene rings is 11. The average molecular weight is 1440 g/mol. The molecule has 15 rings (SSSR count). The zero-order chi connectivity index (χ0) is 69.2. The van der Waals surface area contributed by atoms with E-state index in [0.29, 0.717) is 47.7 Å². The Morgan fingerprint density at radius 2 is 0.730 bits per heavy atom. The number of fused-ring (bicyclic) bond motifs is 8. The first-order chi connectivity index (χ1) is 48.3. The number of halogens is 2. The Bertz CT molecular complexity index is 4900. The Morgan fingerprint density at radius 1 is 0.410 bits per heavy atom. The molecule has 0 radical (unpaired) electrons. The van der Waals surface area contributed by atoms with Crippen LogP contribution in [0.15, 0.2) is 299 Å². The minimum Gasteiger partial charge on any atom is -0.339 e. The van der Waals surface area contributed by atoms with Gasteiger partial charge in [-0.2, -0.15) is 9.15 Å². The third kappa shape index (κ3) is 11.4. The van der Waals surface area contributed by atoms with Crippen LogP contribution in [0.5, 0.6) is 0 Å². The average Bonchev–Trinajstić information content (AvgIpc) is 1.57. The number of nitro benzene ring substituents is 2. The van der Waals surface area contributed by atoms with Crippen LogP contribution in [0.1, 0.15) is 83.3 Å². The Kier molecular flexibility index (Phi) is 17.1. The second-order valence-corrected chi connectivity index (χ2v) is 30.0. The summed E-state index contributed by atoms with van der Waals surface area (Å²) in [6.07, 6.45) is 15.8. The van der Waals surface area contributed by atoms with Crippen molar-refractivity contribution in [3.8, 4) is 0 Å². The van der Waals surface area contributed by atoms with E-state index in [9.17, 15) is 20.2 Å². The molecule has 11 aromatic carbocycles. The van der Waals surface area contributed by atoms with Crippen molar-refractivity contribution in [1.82, 2.24) is 0 Å². The number of hydrogen-bond acceptors (Lipinski definition) is 6. The molecule has 0 aliphatic carbocycles. The number of anilines is 2. The van der Waals surface area contributed by atoms with Crippen molar-refractivity contribution >= 4 is 99.0 Å². The second-order valence-electron chi connectivity index (χ2n) is 28.3. The Balaban J connectivity index is 0.863. The Morgan fingerprint density at radius 3 is 1.06 bits per heavy atom. The van der Waals surface area contributed by atoms with Gasteiger partial charge in [0.25, 0.3) is 11.4 Å². The number of rotatable bonds is 18. The molecular formula is C88H76Br2N6O4+2. The number of allylic oxidation sites excluding steroid dienone is 8. The van der Waals surface area contributed by atoms with Gasteiger partial charge >= 0.3 is 0 Å². The van der Waals surface area contributed by atoms with Gasteiger partial charge < -0.3 is 9.80 Å². The molecule has 0 unspecified atom stereocenters. The molecule has 4 aliphatic heterocycles. The van der Waals surface area contributed by atoms with Gasteiger partial charge in [0.15, 0.2) is 11.4 Å². The van der Waals surface area contributed by atoms with Gasteiger partial charge in [-0.3, -0.25) is 20.2 Å². The highest BCUT2D eigenvalue weighted by Gasteiger charge is 2.52. The highest BCUT2D eigenvalue weighted by molar-refractivity contribution is 9.11. The topological polar surface area (TPSA) is 98.8 Å². The fraction of sp³-hybridized carbons (Fsp3) is 0.182. The SMILES string of the molecule is C[N+]1=C(/C=C/C=C2/N(Cc3ccc(CN4/C(=C/C=C/C5=[N+](C)c6ccc7ccccc7c6C5(C)C)C(Cc5ccccc5)(Cc5ccccc5)c5cc([N+](=O)[O-])c(Br)cc54)cc3)c3cc(Br)c([N+](=O)[O-])cc3C2(Cc2ccccc2)Cc2ccccc2)C(C)(C)c2c1ccc1ccccc21. The highest BCUT2D eigenvalue weighted by Crippen LogP contribution is 2.57. The summed E-state index contributed by atoms with van der Waals surface area (Å²) in [5, 5.41) is 31.3. The number of hydrogen-bond donors (Lipinski definition) is 0. The molecule has 100 heavy (non-hydrogen) atoms. The van der Waals surface area contributed by atoms with Crippen LogP contribution in [0.25, 0.3) is 21.5 Å². The molecule has 4 heterocycles. The zero-order valence-electron chi connectivity index (χ0n) is 56.9. The molecule has 11 aromatic rings. The molecule has 0 spiro atoms. The lowest BCUT2D eigenvalue weighted by Crippen LogP contribution is -2.36. The van der Waals surface area contributed by atoms with E-state index >= 15 is 0 Å². The van der Waals surface area contributed by atoms with E-state index in [1.807, 2.05) is 48.5 Å². The fourth-order valence-electron chi connectivity index (χ4n) is 17.1. The van der Waals surface area contributed by atoms with Gasteiger partial charge in [-0.25, -0.2) is 0 Å². The van der Waals surface area contributed by atoms with Crippen molar-refractivity contribution in [1.29, 1.82) is 0 Å². The van der Waals surface area contributed by atoms with Crippen molar-refractivity contribution in [3.63, 3.8) is 0 Å². The minimum absolute atomic E-state index is 0.0126. The lowest BCUT2D eigenvalue weighted by Gasteiger charge is -2.35. The van der Waals surface area contributed by atoms with Crippen LogP contribution < -0.4 is 9.80 Å². The normalized spacial score (nSPS) is 17.0. The molecule has 4 aliphatic rings. The molecule has 0 N–H and O–H groups in total. The first kappa shape index (κ1) is 65.5. The first-order valence-electron chi connectivity index (χ1n) is 34.1. The molecule has 10 nitrogen and oxygen atoms in total. The minimum atomic E-state index is -0.788. The molecular weight excluding hydrogens is 1360 g/mol. The van der Waals surface area contributed by atoms with E-state index in [2.05, 4.69) is 323 Å². The van der Waals surface area contributed by atoms with Crippen LogP contribution in [0.2, 0.25) is 0 Å². The smallest absolute Gasteiger partial charge is 0.283 e. The summed E-state index contributed by atoms with van der Waals surface area (Å²) in [6, 6.07) is 84.6. The Hall–Kier alpha value is -10.4. The van der Waals surface area contributed by atoms with Crippen LogP contribution in [-0.4, -0.2) is 44.5 Å². The summed E-state index contributed by atoms with van der Waals surface area (Å²) in [6.45, 7) is 10.1. The highest BCUT2D eigenvalue weighted by atomic mass is 79.9. The van der Waals surface area contributed by atoms with Crippen molar-refractivity contribution in [2.75, 3.05) is 23.9 Å².